The molecule has 0 saturated carbocycles. The van der Waals surface area contributed by atoms with Crippen molar-refractivity contribution in [3.05, 3.63) is 66.4 Å². The normalized spacial score (nSPS) is 20.9. The van der Waals surface area contributed by atoms with Crippen molar-refractivity contribution < 1.29 is 8.42 Å². The predicted octanol–water partition coefficient (Wildman–Crippen LogP) is 3.79. The molecule has 2 aliphatic heterocycles. The van der Waals surface area contributed by atoms with Gasteiger partial charge in [-0.25, -0.2) is 13.4 Å². The smallest absolute Gasteiger partial charge is 0.225 e. The van der Waals surface area contributed by atoms with Crippen LogP contribution < -0.4 is 10.6 Å². The average Bonchev–Trinajstić information content (AvgIpc) is 3.63. The molecular weight excluding hydrogens is 526 g/mol. The summed E-state index contributed by atoms with van der Waals surface area (Å²) in [5.74, 6) is 1.56. The zero-order valence-electron chi connectivity index (χ0n) is 22.2. The highest BCUT2D eigenvalue weighted by atomic mass is 32.2. The quantitative estimate of drug-likeness (QED) is 0.330. The van der Waals surface area contributed by atoms with Crippen LogP contribution in [0.15, 0.2) is 59.8 Å². The van der Waals surface area contributed by atoms with Gasteiger partial charge in [0.1, 0.15) is 16.5 Å². The van der Waals surface area contributed by atoms with Crippen LogP contribution in [0, 0.1) is 6.92 Å². The Hall–Kier alpha value is -4.32. The van der Waals surface area contributed by atoms with Gasteiger partial charge in [0.15, 0.2) is 15.5 Å². The molecule has 1 aromatic carbocycles. The Labute approximate surface area is 231 Å². The van der Waals surface area contributed by atoms with Gasteiger partial charge in [-0.05, 0) is 38.7 Å². The lowest BCUT2D eigenvalue weighted by Crippen LogP contribution is -2.43. The van der Waals surface area contributed by atoms with E-state index < -0.39 is 9.84 Å². The average molecular weight is 556 g/mol. The molecule has 40 heavy (non-hydrogen) atoms. The second-order valence-electron chi connectivity index (χ2n) is 10.8. The van der Waals surface area contributed by atoms with Gasteiger partial charge in [-0.2, -0.15) is 9.61 Å². The number of benzene rings is 1. The molecule has 3 N–H and O–H groups in total. The topological polar surface area (TPSA) is 148 Å². The second-order valence-corrected chi connectivity index (χ2v) is 12.7. The maximum Gasteiger partial charge on any atom is 0.225 e. The van der Waals surface area contributed by atoms with Crippen LogP contribution in [0.4, 0.5) is 11.8 Å². The molecule has 2 bridgehead atoms. The molecule has 4 aromatic heterocycles. The van der Waals surface area contributed by atoms with Gasteiger partial charge in [0.05, 0.1) is 17.6 Å². The summed E-state index contributed by atoms with van der Waals surface area (Å²) >= 11 is 0. The van der Waals surface area contributed by atoms with Crippen LogP contribution in [0.25, 0.3) is 28.0 Å². The highest BCUT2D eigenvalue weighted by molar-refractivity contribution is 7.91. The van der Waals surface area contributed by atoms with E-state index in [1.807, 2.05) is 49.4 Å². The molecule has 204 valence electrons. The van der Waals surface area contributed by atoms with Crippen LogP contribution in [0.1, 0.15) is 43.1 Å². The Balaban J connectivity index is 1.30. The van der Waals surface area contributed by atoms with E-state index in [1.165, 1.54) is 10.8 Å². The number of nitrogens with two attached hydrogens (primary N) is 1. The molecule has 6 heterocycles. The van der Waals surface area contributed by atoms with E-state index in [1.54, 1.807) is 12.4 Å². The monoisotopic (exact) mass is 555 g/mol. The molecule has 5 aromatic rings. The number of aromatic nitrogens is 7. The number of aryl methyl sites for hydroxylation is 1. The number of piperidine rings is 1. The van der Waals surface area contributed by atoms with Crippen LogP contribution >= 0.6 is 0 Å². The van der Waals surface area contributed by atoms with Gasteiger partial charge < -0.3 is 15.6 Å². The Morgan fingerprint density at radius 3 is 2.35 bits per heavy atom. The fraction of sp³-hybridized carbons (Fsp3) is 0.321. The standard InChI is InChI=1S/C28H29N9O2S/c1-16-32-28(35-34-16)36-20-9-10-21(36)13-19(12-20)24-25(40(2,38)39)26(29)37-27(33-24)22(15-31-37)18-8-11-23(30-14-18)17-6-4-3-5-7-17/h3-8,11,14-15,19-21H,9-10,12-13,29H2,1-2H3,(H,32,34,35)/t19-,20-,21+. The van der Waals surface area contributed by atoms with Crippen LogP contribution in [0.2, 0.25) is 0 Å². The van der Waals surface area contributed by atoms with Crippen molar-refractivity contribution in [2.45, 2.75) is 55.5 Å². The number of H-pyrrole nitrogens is 1. The van der Waals surface area contributed by atoms with Gasteiger partial charge in [-0.1, -0.05) is 36.4 Å². The first-order valence-electron chi connectivity index (χ1n) is 13.3. The highest BCUT2D eigenvalue weighted by Gasteiger charge is 2.44. The lowest BCUT2D eigenvalue weighted by atomic mass is 9.88. The molecule has 2 fully saturated rings. The SMILES string of the molecule is Cc1nnc(N2[C@@H]3CC[C@H]2C[C@H](c2nc4c(-c5ccc(-c6ccccc6)nc5)cnn4c(N)c2S(C)(=O)=O)C3)[nH]1. The van der Waals surface area contributed by atoms with Crippen molar-refractivity contribution in [2.75, 3.05) is 16.9 Å². The number of aromatic amines is 1. The zero-order chi connectivity index (χ0) is 27.6. The van der Waals surface area contributed by atoms with E-state index in [0.29, 0.717) is 11.3 Å². The Bertz CT molecular complexity index is 1820. The van der Waals surface area contributed by atoms with Gasteiger partial charge >= 0.3 is 0 Å². The predicted molar refractivity (Wildman–Crippen MR) is 152 cm³/mol. The number of rotatable bonds is 5. The van der Waals surface area contributed by atoms with E-state index in [-0.39, 0.29) is 28.7 Å². The summed E-state index contributed by atoms with van der Waals surface area (Å²) in [4.78, 5) is 15.3. The molecule has 0 spiro atoms. The summed E-state index contributed by atoms with van der Waals surface area (Å²) < 4.78 is 27.6. The van der Waals surface area contributed by atoms with Gasteiger partial charge in [0, 0.05) is 47.1 Å². The molecule has 0 radical (unpaired) electrons. The van der Waals surface area contributed by atoms with Gasteiger partial charge in [0.25, 0.3) is 0 Å². The van der Waals surface area contributed by atoms with Crippen molar-refractivity contribution in [3.8, 4) is 22.4 Å². The number of nitrogen functional groups attached to an aromatic ring is 1. The van der Waals surface area contributed by atoms with Crippen molar-refractivity contribution in [3.63, 3.8) is 0 Å². The molecule has 3 atom stereocenters. The number of nitrogens with one attached hydrogen (secondary N) is 1. The number of hydrogen-bond donors (Lipinski definition) is 2. The summed E-state index contributed by atoms with van der Waals surface area (Å²) in [5, 5.41) is 12.9. The first-order valence-corrected chi connectivity index (χ1v) is 15.2. The summed E-state index contributed by atoms with van der Waals surface area (Å²) in [7, 11) is -3.68. The van der Waals surface area contributed by atoms with E-state index >= 15 is 0 Å². The fourth-order valence-corrected chi connectivity index (χ4v) is 7.47. The number of hydrogen-bond acceptors (Lipinski definition) is 9. The third-order valence-corrected chi connectivity index (χ3v) is 9.29. The maximum atomic E-state index is 13.1. The molecular formula is C28H29N9O2S. The molecule has 11 nitrogen and oxygen atoms in total. The Morgan fingerprint density at radius 2 is 1.73 bits per heavy atom. The Morgan fingerprint density at radius 1 is 0.975 bits per heavy atom. The number of pyridine rings is 1. The van der Waals surface area contributed by atoms with Crippen LogP contribution in [0.3, 0.4) is 0 Å². The van der Waals surface area contributed by atoms with Gasteiger partial charge in [-0.15, -0.1) is 10.2 Å². The first-order chi connectivity index (χ1) is 19.3. The molecule has 2 aliphatic rings. The molecule has 2 saturated heterocycles. The van der Waals surface area contributed by atoms with Crippen LogP contribution in [-0.2, 0) is 9.84 Å². The van der Waals surface area contributed by atoms with Crippen molar-refractivity contribution >= 4 is 27.3 Å². The minimum absolute atomic E-state index is 0.0700. The highest BCUT2D eigenvalue weighted by Crippen LogP contribution is 2.46. The molecule has 0 aliphatic carbocycles. The van der Waals surface area contributed by atoms with E-state index in [4.69, 9.17) is 10.7 Å². The molecule has 0 amide bonds. The van der Waals surface area contributed by atoms with Crippen LogP contribution in [-0.4, -0.2) is 61.5 Å². The summed E-state index contributed by atoms with van der Waals surface area (Å²) in [6.45, 7) is 1.89. The Kier molecular flexibility index (Phi) is 5.63. The minimum Gasteiger partial charge on any atom is -0.382 e. The van der Waals surface area contributed by atoms with Gasteiger partial charge in [-0.3, -0.25) is 4.98 Å². The zero-order valence-corrected chi connectivity index (χ0v) is 23.0. The minimum atomic E-state index is -3.68. The second kappa shape index (κ2) is 9.12. The number of nitrogens with zero attached hydrogens (tertiary/aromatic N) is 7. The van der Waals surface area contributed by atoms with E-state index in [0.717, 1.165) is 59.8 Å². The summed E-state index contributed by atoms with van der Waals surface area (Å²) in [6.07, 6.45) is 8.16. The van der Waals surface area contributed by atoms with E-state index in [9.17, 15) is 8.42 Å². The lowest BCUT2D eigenvalue weighted by molar-refractivity contribution is 0.400. The number of anilines is 2. The number of fused-ring (bicyclic) bond motifs is 3. The largest absolute Gasteiger partial charge is 0.382 e. The van der Waals surface area contributed by atoms with E-state index in [2.05, 4.69) is 30.2 Å². The fourth-order valence-electron chi connectivity index (χ4n) is 6.41. The molecule has 12 heteroatoms. The summed E-state index contributed by atoms with van der Waals surface area (Å²) in [5.41, 5.74) is 11.0. The van der Waals surface area contributed by atoms with Crippen molar-refractivity contribution in [1.29, 1.82) is 0 Å². The third-order valence-electron chi connectivity index (χ3n) is 8.13. The van der Waals surface area contributed by atoms with Crippen molar-refractivity contribution in [1.82, 2.24) is 34.8 Å². The lowest BCUT2D eigenvalue weighted by Gasteiger charge is -2.38. The van der Waals surface area contributed by atoms with Crippen LogP contribution in [0.5, 0.6) is 0 Å². The summed E-state index contributed by atoms with van der Waals surface area (Å²) in [6, 6.07) is 14.3. The first kappa shape index (κ1) is 24.7. The molecule has 0 unspecified atom stereocenters. The number of sulfone groups is 1. The maximum absolute atomic E-state index is 13.1. The van der Waals surface area contributed by atoms with Crippen molar-refractivity contribution in [2.24, 2.45) is 0 Å². The van der Waals surface area contributed by atoms with Gasteiger partial charge in [0.2, 0.25) is 5.95 Å². The third kappa shape index (κ3) is 4.01. The molecule has 7 rings (SSSR count).